The number of aromatic nitrogens is 2. The molecule has 0 aliphatic rings. The Morgan fingerprint density at radius 3 is 2.48 bits per heavy atom. The molecule has 0 saturated carbocycles. The number of carbonyl (C=O) groups is 2. The van der Waals surface area contributed by atoms with Crippen molar-refractivity contribution in [1.29, 1.82) is 0 Å². The zero-order valence-corrected chi connectivity index (χ0v) is 13.9. The minimum Gasteiger partial charge on any atom is -0.469 e. The third-order valence-corrected chi connectivity index (χ3v) is 3.76. The standard InChI is InChI=1S/C17H19N3O5/c1-11(16(23)25-2)15(12-6-4-3-5-7-12)18-14(22)10-20-9-8-13(21)19-17(20)24/h3-9,11,15H,10H2,1-2H3,(H,18,22)(H,19,21,24)/t11-,15+/m1/s1. The lowest BCUT2D eigenvalue weighted by Crippen LogP contribution is -2.40. The van der Waals surface area contributed by atoms with Crippen LogP contribution in [-0.4, -0.2) is 28.5 Å². The summed E-state index contributed by atoms with van der Waals surface area (Å²) in [5, 5.41) is 2.75. The van der Waals surface area contributed by atoms with Crippen molar-refractivity contribution >= 4 is 11.9 Å². The van der Waals surface area contributed by atoms with Gasteiger partial charge in [-0.1, -0.05) is 30.3 Å². The Morgan fingerprint density at radius 2 is 1.88 bits per heavy atom. The van der Waals surface area contributed by atoms with Crippen LogP contribution in [0, 0.1) is 5.92 Å². The Morgan fingerprint density at radius 1 is 1.20 bits per heavy atom. The first-order valence-electron chi connectivity index (χ1n) is 7.64. The number of rotatable bonds is 6. The molecule has 0 radical (unpaired) electrons. The Balaban J connectivity index is 2.21. The molecule has 0 aliphatic carbocycles. The first kappa shape index (κ1) is 18.2. The Kier molecular flexibility index (Phi) is 5.89. The van der Waals surface area contributed by atoms with Gasteiger partial charge in [0.15, 0.2) is 0 Å². The maximum atomic E-state index is 12.3. The number of esters is 1. The van der Waals surface area contributed by atoms with Crippen LogP contribution >= 0.6 is 0 Å². The van der Waals surface area contributed by atoms with E-state index in [-0.39, 0.29) is 6.54 Å². The number of methoxy groups -OCH3 is 1. The number of amides is 1. The molecule has 0 aliphatic heterocycles. The molecule has 8 nitrogen and oxygen atoms in total. The van der Waals surface area contributed by atoms with Crippen LogP contribution in [0.1, 0.15) is 18.5 Å². The minimum atomic E-state index is -0.681. The van der Waals surface area contributed by atoms with Gasteiger partial charge in [-0.15, -0.1) is 0 Å². The summed E-state index contributed by atoms with van der Waals surface area (Å²) in [5.41, 5.74) is -0.481. The van der Waals surface area contributed by atoms with Crippen LogP contribution in [0.5, 0.6) is 0 Å². The van der Waals surface area contributed by atoms with Crippen molar-refractivity contribution in [2.24, 2.45) is 5.92 Å². The molecular weight excluding hydrogens is 326 g/mol. The molecule has 0 saturated heterocycles. The fourth-order valence-electron chi connectivity index (χ4n) is 2.42. The van der Waals surface area contributed by atoms with Crippen LogP contribution in [0.25, 0.3) is 0 Å². The van der Waals surface area contributed by atoms with Gasteiger partial charge in [-0.3, -0.25) is 23.9 Å². The molecule has 2 atom stereocenters. The van der Waals surface area contributed by atoms with E-state index >= 15 is 0 Å². The van der Waals surface area contributed by atoms with Gasteiger partial charge in [0.05, 0.1) is 19.1 Å². The quantitative estimate of drug-likeness (QED) is 0.727. The average molecular weight is 345 g/mol. The van der Waals surface area contributed by atoms with Crippen molar-refractivity contribution in [3.8, 4) is 0 Å². The first-order chi connectivity index (χ1) is 11.9. The van der Waals surface area contributed by atoms with Gasteiger partial charge in [0.2, 0.25) is 5.91 Å². The van der Waals surface area contributed by atoms with Gasteiger partial charge in [-0.25, -0.2) is 4.79 Å². The van der Waals surface area contributed by atoms with Crippen LogP contribution < -0.4 is 16.6 Å². The van der Waals surface area contributed by atoms with E-state index in [0.29, 0.717) is 0 Å². The molecule has 8 heteroatoms. The van der Waals surface area contributed by atoms with Crippen LogP contribution in [0.15, 0.2) is 52.2 Å². The molecular formula is C17H19N3O5. The van der Waals surface area contributed by atoms with Gasteiger partial charge < -0.3 is 10.1 Å². The van der Waals surface area contributed by atoms with E-state index in [2.05, 4.69) is 10.3 Å². The number of nitrogens with zero attached hydrogens (tertiary/aromatic N) is 1. The lowest BCUT2D eigenvalue weighted by Gasteiger charge is -2.24. The molecule has 1 heterocycles. The maximum Gasteiger partial charge on any atom is 0.328 e. The second-order valence-electron chi connectivity index (χ2n) is 5.51. The molecule has 25 heavy (non-hydrogen) atoms. The number of H-pyrrole nitrogens is 1. The van der Waals surface area contributed by atoms with Gasteiger partial charge >= 0.3 is 11.7 Å². The predicted octanol–water partition coefficient (Wildman–Crippen LogP) is 0.203. The van der Waals surface area contributed by atoms with Crippen LogP contribution in [0.3, 0.4) is 0 Å². The fraction of sp³-hybridized carbons (Fsp3) is 0.294. The highest BCUT2D eigenvalue weighted by Crippen LogP contribution is 2.22. The first-order valence-corrected chi connectivity index (χ1v) is 7.64. The van der Waals surface area contributed by atoms with Crippen molar-refractivity contribution in [2.45, 2.75) is 19.5 Å². The molecule has 0 unspecified atom stereocenters. The third kappa shape index (κ3) is 4.66. The van der Waals surface area contributed by atoms with Crippen molar-refractivity contribution in [3.05, 3.63) is 69.0 Å². The summed E-state index contributed by atoms with van der Waals surface area (Å²) in [6, 6.07) is 9.54. The SMILES string of the molecule is COC(=O)[C@H](C)[C@H](NC(=O)Cn1ccc(=O)[nH]c1=O)c1ccccc1. The van der Waals surface area contributed by atoms with E-state index in [0.717, 1.165) is 16.2 Å². The molecule has 2 rings (SSSR count). The molecule has 2 N–H and O–H groups in total. The third-order valence-electron chi connectivity index (χ3n) is 3.76. The van der Waals surface area contributed by atoms with E-state index in [9.17, 15) is 19.2 Å². The summed E-state index contributed by atoms with van der Waals surface area (Å²) >= 11 is 0. The van der Waals surface area contributed by atoms with Crippen molar-refractivity contribution in [1.82, 2.24) is 14.9 Å². The lowest BCUT2D eigenvalue weighted by molar-refractivity contribution is -0.146. The van der Waals surface area contributed by atoms with E-state index in [4.69, 9.17) is 4.74 Å². The highest BCUT2D eigenvalue weighted by molar-refractivity contribution is 5.78. The van der Waals surface area contributed by atoms with Crippen molar-refractivity contribution in [2.75, 3.05) is 7.11 Å². The van der Waals surface area contributed by atoms with E-state index in [1.807, 2.05) is 6.07 Å². The summed E-state index contributed by atoms with van der Waals surface area (Å²) in [6.45, 7) is 1.36. The fourth-order valence-corrected chi connectivity index (χ4v) is 2.42. The largest absolute Gasteiger partial charge is 0.469 e. The summed E-state index contributed by atoms with van der Waals surface area (Å²) in [5.74, 6) is -1.56. The molecule has 0 fully saturated rings. The average Bonchev–Trinajstić information content (AvgIpc) is 2.61. The molecule has 0 bridgehead atoms. The number of hydrogen-bond acceptors (Lipinski definition) is 5. The van der Waals surface area contributed by atoms with Gasteiger partial charge in [0.25, 0.3) is 5.56 Å². The van der Waals surface area contributed by atoms with E-state index in [1.165, 1.54) is 13.3 Å². The van der Waals surface area contributed by atoms with Gasteiger partial charge in [-0.2, -0.15) is 0 Å². The number of carbonyl (C=O) groups excluding carboxylic acids is 2. The molecule has 132 valence electrons. The second-order valence-corrected chi connectivity index (χ2v) is 5.51. The van der Waals surface area contributed by atoms with Crippen molar-refractivity contribution in [3.63, 3.8) is 0 Å². The van der Waals surface area contributed by atoms with E-state index in [1.54, 1.807) is 31.2 Å². The van der Waals surface area contributed by atoms with Gasteiger partial charge in [-0.05, 0) is 12.5 Å². The lowest BCUT2D eigenvalue weighted by atomic mass is 9.94. The molecule has 1 aromatic carbocycles. The van der Waals surface area contributed by atoms with Gasteiger partial charge in [0.1, 0.15) is 6.54 Å². The molecule has 0 spiro atoms. The highest BCUT2D eigenvalue weighted by atomic mass is 16.5. The molecule has 1 aromatic heterocycles. The van der Waals surface area contributed by atoms with Gasteiger partial charge in [0, 0.05) is 12.3 Å². The van der Waals surface area contributed by atoms with E-state index < -0.39 is 35.1 Å². The van der Waals surface area contributed by atoms with Crippen LogP contribution in [-0.2, 0) is 20.9 Å². The monoisotopic (exact) mass is 345 g/mol. The summed E-state index contributed by atoms with van der Waals surface area (Å²) in [6.07, 6.45) is 1.24. The second kappa shape index (κ2) is 8.09. The number of aromatic amines is 1. The smallest absolute Gasteiger partial charge is 0.328 e. The number of hydrogen-bond donors (Lipinski definition) is 2. The maximum absolute atomic E-state index is 12.3. The van der Waals surface area contributed by atoms with Crippen molar-refractivity contribution < 1.29 is 14.3 Å². The Hall–Kier alpha value is -3.16. The normalized spacial score (nSPS) is 12.9. The number of benzene rings is 1. The zero-order chi connectivity index (χ0) is 18.4. The Labute approximate surface area is 143 Å². The summed E-state index contributed by atoms with van der Waals surface area (Å²) < 4.78 is 5.83. The van der Waals surface area contributed by atoms with Crippen LogP contribution in [0.4, 0.5) is 0 Å². The number of ether oxygens (including phenoxy) is 1. The summed E-state index contributed by atoms with van der Waals surface area (Å²) in [4.78, 5) is 49.0. The van der Waals surface area contributed by atoms with Crippen LogP contribution in [0.2, 0.25) is 0 Å². The Bertz CT molecular complexity index is 856. The molecule has 1 amide bonds. The number of nitrogens with one attached hydrogen (secondary N) is 2. The minimum absolute atomic E-state index is 0.285. The zero-order valence-electron chi connectivity index (χ0n) is 13.9. The summed E-state index contributed by atoms with van der Waals surface area (Å²) in [7, 11) is 1.28. The topological polar surface area (TPSA) is 110 Å². The predicted molar refractivity (Wildman–Crippen MR) is 89.8 cm³/mol. The highest BCUT2D eigenvalue weighted by Gasteiger charge is 2.27. The molecule has 2 aromatic rings.